The zero-order valence-corrected chi connectivity index (χ0v) is 17.9. The van der Waals surface area contributed by atoms with Crippen LogP contribution in [-0.4, -0.2) is 39.3 Å². The molecule has 3 aliphatic rings. The summed E-state index contributed by atoms with van der Waals surface area (Å²) in [5.74, 6) is -1.07. The highest BCUT2D eigenvalue weighted by atomic mass is 19.4. The quantitative estimate of drug-likeness (QED) is 0.505. The number of halogens is 4. The highest BCUT2D eigenvalue weighted by molar-refractivity contribution is 5.52. The Bertz CT molecular complexity index is 1470. The summed E-state index contributed by atoms with van der Waals surface area (Å²) in [6, 6.07) is 7.10. The maximum Gasteiger partial charge on any atom is 0.433 e. The van der Waals surface area contributed by atoms with Crippen molar-refractivity contribution in [1.29, 1.82) is 0 Å². The van der Waals surface area contributed by atoms with Gasteiger partial charge in [0.2, 0.25) is 5.88 Å². The summed E-state index contributed by atoms with van der Waals surface area (Å²) in [6.45, 7) is -1.58. The third-order valence-electron chi connectivity index (χ3n) is 6.13. The Kier molecular flexibility index (Phi) is 4.30. The number of alkyl halides is 3. The molecule has 1 aromatic carbocycles. The van der Waals surface area contributed by atoms with Crippen molar-refractivity contribution < 1.29 is 34.5 Å². The molecule has 8 nitrogen and oxygen atoms in total. The second-order valence-corrected chi connectivity index (χ2v) is 8.49. The molecule has 0 saturated carbocycles. The lowest BCUT2D eigenvalue weighted by atomic mass is 10.0. The van der Waals surface area contributed by atoms with E-state index in [1.54, 1.807) is 0 Å². The van der Waals surface area contributed by atoms with Crippen LogP contribution in [-0.2, 0) is 24.0 Å². The van der Waals surface area contributed by atoms with Crippen LogP contribution in [0.1, 0.15) is 20.4 Å². The van der Waals surface area contributed by atoms with E-state index in [4.69, 9.17) is 17.0 Å². The van der Waals surface area contributed by atoms with Crippen LogP contribution >= 0.6 is 0 Å². The first-order chi connectivity index (χ1) is 17.5. The number of anilines is 1. The molecule has 1 spiro atoms. The average Bonchev–Trinajstić information content (AvgIpc) is 3.49. The average molecular weight is 492 g/mol. The van der Waals surface area contributed by atoms with E-state index < -0.39 is 35.4 Å². The normalized spacial score (nSPS) is 24.6. The van der Waals surface area contributed by atoms with Crippen molar-refractivity contribution in [2.75, 3.05) is 18.1 Å². The van der Waals surface area contributed by atoms with Crippen molar-refractivity contribution in [1.82, 2.24) is 14.5 Å². The molecule has 0 N–H and O–H groups in total. The van der Waals surface area contributed by atoms with Crippen molar-refractivity contribution in [2.24, 2.45) is 0 Å². The van der Waals surface area contributed by atoms with E-state index in [9.17, 15) is 22.4 Å². The molecule has 2 aromatic heterocycles. The van der Waals surface area contributed by atoms with Gasteiger partial charge in [0.15, 0.2) is 11.6 Å². The monoisotopic (exact) mass is 492 g/mol. The number of rotatable bonds is 5. The zero-order valence-electron chi connectivity index (χ0n) is 19.9. The largest absolute Gasteiger partial charge is 0.473 e. The first-order valence-corrected chi connectivity index (χ1v) is 10.6. The molecular weight excluding hydrogens is 472 g/mol. The van der Waals surface area contributed by atoms with Crippen molar-refractivity contribution in [3.05, 3.63) is 70.2 Å². The number of aromatic nitrogens is 3. The van der Waals surface area contributed by atoms with Gasteiger partial charge in [-0.3, -0.25) is 9.55 Å². The summed E-state index contributed by atoms with van der Waals surface area (Å²) in [6.07, 6.45) is -3.41. The molecule has 3 aliphatic heterocycles. The lowest BCUT2D eigenvalue weighted by Gasteiger charge is -2.32. The van der Waals surface area contributed by atoms with E-state index in [2.05, 4.69) is 9.97 Å². The van der Waals surface area contributed by atoms with E-state index in [-0.39, 0.29) is 36.7 Å². The fourth-order valence-corrected chi connectivity index (χ4v) is 4.55. The molecule has 0 radical (unpaired) electrons. The molecule has 3 aromatic rings. The Labute approximate surface area is 198 Å². The summed E-state index contributed by atoms with van der Waals surface area (Å²) in [5, 5.41) is 0. The second kappa shape index (κ2) is 7.67. The van der Waals surface area contributed by atoms with Gasteiger partial charge in [0, 0.05) is 31.3 Å². The lowest BCUT2D eigenvalue weighted by molar-refractivity contribution is -0.141. The number of hydrogen-bond donors (Lipinski definition) is 0. The summed E-state index contributed by atoms with van der Waals surface area (Å²) < 4.78 is 87.8. The Hall–Kier alpha value is -3.67. The maximum atomic E-state index is 14.6. The molecule has 35 heavy (non-hydrogen) atoms. The van der Waals surface area contributed by atoms with Crippen molar-refractivity contribution in [2.45, 2.75) is 37.3 Å². The van der Waals surface area contributed by atoms with E-state index in [1.807, 2.05) is 4.90 Å². The Morgan fingerprint density at radius 1 is 1.26 bits per heavy atom. The predicted molar refractivity (Wildman–Crippen MR) is 113 cm³/mol. The Morgan fingerprint density at radius 3 is 2.89 bits per heavy atom. The molecule has 2 saturated heterocycles. The van der Waals surface area contributed by atoms with Crippen molar-refractivity contribution in [3.8, 4) is 17.4 Å². The van der Waals surface area contributed by atoms with Gasteiger partial charge in [0.1, 0.15) is 23.9 Å². The summed E-state index contributed by atoms with van der Waals surface area (Å²) in [7, 11) is 0. The highest BCUT2D eigenvalue weighted by Gasteiger charge is 2.56. The number of ether oxygens (including phenoxy) is 3. The number of hydrogen-bond acceptors (Lipinski definition) is 7. The SMILES string of the molecule is [2H]C1([2H])n2c(cc(OCc3ccc(Oc4ccnc(C(F)(F)F)c4)c(F)c3)nc2=O)N2C[C@@H]3C[C@@]21CO3. The first-order valence-electron chi connectivity index (χ1n) is 11.6. The maximum absolute atomic E-state index is 14.6. The molecule has 2 bridgehead atoms. The first kappa shape index (κ1) is 19.6. The van der Waals surface area contributed by atoms with Crippen LogP contribution in [0.5, 0.6) is 17.4 Å². The fourth-order valence-electron chi connectivity index (χ4n) is 4.55. The van der Waals surface area contributed by atoms with Crippen LogP contribution in [0.3, 0.4) is 0 Å². The highest BCUT2D eigenvalue weighted by Crippen LogP contribution is 2.46. The standard InChI is InChI=1S/C23H18F4N4O4/c24-16-5-13(1-2-17(16)35-14-3-4-28-18(6-14)23(25,26)27)10-33-19-7-20-30(21(32)29-19)11-22-8-15(34-12-22)9-31(20)22/h1-7,15H,8-12H2/t15-,22+/m0/s1/i11D2. The van der Waals surface area contributed by atoms with Crippen LogP contribution in [0.15, 0.2) is 47.4 Å². The van der Waals surface area contributed by atoms with Gasteiger partial charge in [-0.05, 0) is 23.8 Å². The molecule has 12 heteroatoms. The number of pyridine rings is 1. The minimum Gasteiger partial charge on any atom is -0.473 e. The molecule has 0 amide bonds. The summed E-state index contributed by atoms with van der Waals surface area (Å²) in [4.78, 5) is 21.6. The van der Waals surface area contributed by atoms with Gasteiger partial charge in [-0.25, -0.2) is 9.18 Å². The van der Waals surface area contributed by atoms with Crippen LogP contribution in [0.2, 0.25) is 0 Å². The molecule has 2 fully saturated rings. The topological polar surface area (TPSA) is 78.7 Å². The summed E-state index contributed by atoms with van der Waals surface area (Å²) >= 11 is 0. The van der Waals surface area contributed by atoms with Gasteiger partial charge in [-0.15, -0.1) is 0 Å². The van der Waals surface area contributed by atoms with Gasteiger partial charge >= 0.3 is 11.9 Å². The minimum atomic E-state index is -4.67. The van der Waals surface area contributed by atoms with Gasteiger partial charge in [0.05, 0.1) is 27.5 Å². The van der Waals surface area contributed by atoms with Crippen LogP contribution in [0.25, 0.3) is 0 Å². The minimum absolute atomic E-state index is 0.0509. The van der Waals surface area contributed by atoms with E-state index >= 15 is 0 Å². The third kappa shape index (κ3) is 3.77. The van der Waals surface area contributed by atoms with E-state index in [1.165, 1.54) is 24.3 Å². The third-order valence-corrected chi connectivity index (χ3v) is 6.13. The number of morpholine rings is 1. The lowest BCUT2D eigenvalue weighted by Crippen LogP contribution is -2.46. The van der Waals surface area contributed by atoms with Crippen LogP contribution in [0, 0.1) is 5.82 Å². The molecule has 182 valence electrons. The van der Waals surface area contributed by atoms with E-state index in [0.717, 1.165) is 16.8 Å². The van der Waals surface area contributed by atoms with Gasteiger partial charge in [-0.1, -0.05) is 6.07 Å². The Balaban J connectivity index is 1.19. The zero-order chi connectivity index (χ0) is 26.2. The number of nitrogens with zero attached hydrogens (tertiary/aromatic N) is 4. The van der Waals surface area contributed by atoms with Crippen LogP contribution in [0.4, 0.5) is 23.4 Å². The summed E-state index contributed by atoms with van der Waals surface area (Å²) in [5.41, 5.74) is -2.60. The molecule has 5 heterocycles. The number of benzene rings is 1. The van der Waals surface area contributed by atoms with Crippen LogP contribution < -0.4 is 20.1 Å². The van der Waals surface area contributed by atoms with Gasteiger partial charge in [-0.2, -0.15) is 18.2 Å². The molecule has 0 unspecified atom stereocenters. The number of fused-ring (bicyclic) bond motifs is 3. The molecule has 0 aliphatic carbocycles. The van der Waals surface area contributed by atoms with Crippen molar-refractivity contribution in [3.63, 3.8) is 0 Å². The predicted octanol–water partition coefficient (Wildman–Crippen LogP) is 3.53. The Morgan fingerprint density at radius 2 is 2.11 bits per heavy atom. The molecular formula is C23H18F4N4O4. The second-order valence-electron chi connectivity index (χ2n) is 8.49. The smallest absolute Gasteiger partial charge is 0.433 e. The van der Waals surface area contributed by atoms with Crippen molar-refractivity contribution >= 4 is 5.82 Å². The van der Waals surface area contributed by atoms with Gasteiger partial charge in [0.25, 0.3) is 0 Å². The van der Waals surface area contributed by atoms with Gasteiger partial charge < -0.3 is 19.1 Å². The molecule has 6 rings (SSSR count). The van der Waals surface area contributed by atoms with E-state index in [0.29, 0.717) is 30.4 Å². The molecule has 2 atom stereocenters. The fraction of sp³-hybridized carbons (Fsp3) is 0.348.